The predicted molar refractivity (Wildman–Crippen MR) is 377 cm³/mol. The summed E-state index contributed by atoms with van der Waals surface area (Å²) in [5, 5.41) is 10.6. The fraction of sp³-hybridized carbons (Fsp3) is 0.892. The van der Waals surface area contributed by atoms with Gasteiger partial charge in [0.2, 0.25) is 0 Å². The lowest BCUT2D eigenvalue weighted by Gasteiger charge is -2.21. The maximum atomic E-state index is 13.1. The zero-order valence-electron chi connectivity index (χ0n) is 60.0. The van der Waals surface area contributed by atoms with E-state index in [9.17, 15) is 43.2 Å². The number of phosphoric ester groups is 2. The largest absolute Gasteiger partial charge is 0.472 e. The lowest BCUT2D eigenvalue weighted by Crippen LogP contribution is -2.30. The molecule has 0 amide bonds. The number of unbranched alkanes of at least 4 members (excludes halogenated alkanes) is 37. The molecule has 0 aliphatic carbocycles. The molecule has 6 atom stereocenters. The normalized spacial score (nSPS) is 14.5. The number of aliphatic hydroxyl groups excluding tert-OH is 1. The molecule has 17 nitrogen and oxygen atoms in total. The summed E-state index contributed by atoms with van der Waals surface area (Å²) in [6, 6.07) is 0. The van der Waals surface area contributed by atoms with Gasteiger partial charge in [-0.3, -0.25) is 37.3 Å². The van der Waals surface area contributed by atoms with E-state index >= 15 is 0 Å². The zero-order chi connectivity index (χ0) is 68.6. The van der Waals surface area contributed by atoms with Gasteiger partial charge in [-0.2, -0.15) is 0 Å². The third-order valence-corrected chi connectivity index (χ3v) is 18.8. The molecule has 0 aromatic rings. The van der Waals surface area contributed by atoms with Crippen molar-refractivity contribution in [2.24, 2.45) is 11.8 Å². The SMILES string of the molecule is CCCCCC/C=C\C=C/CCCCCCCC(=O)OC[C@H](COP(=O)(O)OC[C@@H](O)COP(=O)(O)OC[C@@H](COC(=O)CCCCCCCCC)OC(=O)CCCCCCCCC(C)C)OC(=O)CCCCCCCCCCCCCCCCCCCCC(C)CC. The molecule has 0 aliphatic heterocycles. The van der Waals surface area contributed by atoms with Crippen molar-refractivity contribution in [3.05, 3.63) is 24.3 Å². The Labute approximate surface area is 567 Å². The average Bonchev–Trinajstić information content (AvgIpc) is 2.51. The smallest absolute Gasteiger partial charge is 0.462 e. The summed E-state index contributed by atoms with van der Waals surface area (Å²) in [6.07, 6.45) is 55.4. The third kappa shape index (κ3) is 66.6. The highest BCUT2D eigenvalue weighted by atomic mass is 31.2. The summed E-state index contributed by atoms with van der Waals surface area (Å²) in [7, 11) is -9.91. The molecule has 0 saturated carbocycles. The zero-order valence-corrected chi connectivity index (χ0v) is 61.8. The van der Waals surface area contributed by atoms with Gasteiger partial charge in [-0.15, -0.1) is 0 Å². The van der Waals surface area contributed by atoms with Crippen LogP contribution in [0.1, 0.15) is 356 Å². The number of esters is 4. The fourth-order valence-corrected chi connectivity index (χ4v) is 12.3. The van der Waals surface area contributed by atoms with Crippen LogP contribution in [0, 0.1) is 11.8 Å². The highest BCUT2D eigenvalue weighted by Crippen LogP contribution is 2.45. The van der Waals surface area contributed by atoms with Gasteiger partial charge < -0.3 is 33.8 Å². The molecule has 0 fully saturated rings. The number of ether oxygens (including phenoxy) is 4. The molecule has 0 aromatic heterocycles. The molecular weight excluding hydrogens is 1220 g/mol. The summed E-state index contributed by atoms with van der Waals surface area (Å²) < 4.78 is 68.2. The Kier molecular flexibility index (Phi) is 63.7. The Hall–Kier alpha value is -2.46. The van der Waals surface area contributed by atoms with Crippen molar-refractivity contribution in [2.75, 3.05) is 39.6 Å². The number of allylic oxidation sites excluding steroid dienone is 4. The van der Waals surface area contributed by atoms with E-state index in [1.807, 2.05) is 0 Å². The van der Waals surface area contributed by atoms with E-state index in [0.29, 0.717) is 31.6 Å². The molecule has 0 aliphatic rings. The van der Waals surface area contributed by atoms with Gasteiger partial charge in [0.25, 0.3) is 0 Å². The van der Waals surface area contributed by atoms with Gasteiger partial charge >= 0.3 is 39.5 Å². The second-order valence-electron chi connectivity index (χ2n) is 26.7. The molecule has 0 radical (unpaired) electrons. The molecule has 93 heavy (non-hydrogen) atoms. The number of aliphatic hydroxyl groups is 1. The van der Waals surface area contributed by atoms with Crippen LogP contribution in [0.4, 0.5) is 0 Å². The van der Waals surface area contributed by atoms with Crippen molar-refractivity contribution in [3.8, 4) is 0 Å². The molecule has 0 rings (SSSR count). The predicted octanol–water partition coefficient (Wildman–Crippen LogP) is 21.1. The standard InChI is InChI=1S/C74H140O17P2/c1-7-10-12-14-16-17-18-19-24-28-31-34-38-45-51-57-72(77)85-63-69(90-73(78)58-52-46-39-35-32-29-26-23-21-20-22-25-27-30-33-37-43-49-55-67(6)9-3)64-88-92(80,81)86-60-68(75)61-87-93(82,83)89-65-70(62-84-71(76)56-50-44-36-15-13-11-8-2)91-74(79)59-53-47-41-40-42-48-54-66(4)5/h17-19,24,66-70,75H,7-16,20-23,25-65H2,1-6H3,(H,80,81)(H,82,83)/b18-17-,24-19-/t67?,68-,69-,70-/m1/s1. The van der Waals surface area contributed by atoms with Gasteiger partial charge in [0.15, 0.2) is 12.2 Å². The molecule has 0 spiro atoms. The summed E-state index contributed by atoms with van der Waals surface area (Å²) >= 11 is 0. The highest BCUT2D eigenvalue weighted by Gasteiger charge is 2.30. The Morgan fingerprint density at radius 2 is 0.634 bits per heavy atom. The van der Waals surface area contributed by atoms with Crippen LogP contribution in [0.3, 0.4) is 0 Å². The molecule has 3 unspecified atom stereocenters. The number of hydrogen-bond donors (Lipinski definition) is 3. The topological polar surface area (TPSA) is 237 Å². The molecule has 19 heteroatoms. The first-order chi connectivity index (χ1) is 44.9. The van der Waals surface area contributed by atoms with Crippen LogP contribution in [-0.4, -0.2) is 96.7 Å². The highest BCUT2D eigenvalue weighted by molar-refractivity contribution is 7.47. The first-order valence-electron chi connectivity index (χ1n) is 37.8. The molecule has 0 saturated heterocycles. The molecular formula is C74H140O17P2. The summed E-state index contributed by atoms with van der Waals surface area (Å²) in [5.74, 6) is -0.623. The molecule has 0 aromatic carbocycles. The Morgan fingerprint density at radius 1 is 0.355 bits per heavy atom. The first kappa shape index (κ1) is 90.5. The number of hydrogen-bond acceptors (Lipinski definition) is 15. The van der Waals surface area contributed by atoms with Crippen molar-refractivity contribution in [3.63, 3.8) is 0 Å². The van der Waals surface area contributed by atoms with Crippen LogP contribution in [0.15, 0.2) is 24.3 Å². The van der Waals surface area contributed by atoms with Gasteiger partial charge in [0.1, 0.15) is 19.3 Å². The van der Waals surface area contributed by atoms with Gasteiger partial charge in [0, 0.05) is 25.7 Å². The molecule has 0 heterocycles. The number of carbonyl (C=O) groups is 4. The minimum atomic E-state index is -4.96. The monoisotopic (exact) mass is 1360 g/mol. The van der Waals surface area contributed by atoms with E-state index in [2.05, 4.69) is 65.8 Å². The molecule has 0 bridgehead atoms. The van der Waals surface area contributed by atoms with Crippen molar-refractivity contribution < 1.29 is 80.2 Å². The van der Waals surface area contributed by atoms with Crippen molar-refractivity contribution >= 4 is 39.5 Å². The van der Waals surface area contributed by atoms with Gasteiger partial charge in [0.05, 0.1) is 26.4 Å². The average molecular weight is 1360 g/mol. The quantitative estimate of drug-likeness (QED) is 0.0169. The Balaban J connectivity index is 5.17. The van der Waals surface area contributed by atoms with E-state index in [-0.39, 0.29) is 25.7 Å². The van der Waals surface area contributed by atoms with Crippen molar-refractivity contribution in [1.82, 2.24) is 0 Å². The lowest BCUT2D eigenvalue weighted by molar-refractivity contribution is -0.161. The van der Waals surface area contributed by atoms with E-state index in [1.165, 1.54) is 141 Å². The number of rotatable bonds is 71. The van der Waals surface area contributed by atoms with Crippen molar-refractivity contribution in [2.45, 2.75) is 374 Å². The maximum absolute atomic E-state index is 13.1. The third-order valence-electron chi connectivity index (χ3n) is 16.9. The summed E-state index contributed by atoms with van der Waals surface area (Å²) in [4.78, 5) is 72.4. The maximum Gasteiger partial charge on any atom is 0.472 e. The molecule has 548 valence electrons. The minimum Gasteiger partial charge on any atom is -0.462 e. The second-order valence-corrected chi connectivity index (χ2v) is 29.6. The van der Waals surface area contributed by atoms with E-state index in [0.717, 1.165) is 128 Å². The number of carbonyl (C=O) groups excluding carboxylic acids is 4. The van der Waals surface area contributed by atoms with Crippen LogP contribution in [0.5, 0.6) is 0 Å². The van der Waals surface area contributed by atoms with Crippen LogP contribution in [0.25, 0.3) is 0 Å². The van der Waals surface area contributed by atoms with Gasteiger partial charge in [-0.05, 0) is 63.2 Å². The van der Waals surface area contributed by atoms with Gasteiger partial charge in [-0.1, -0.05) is 303 Å². The second kappa shape index (κ2) is 65.5. The Bertz CT molecular complexity index is 1900. The summed E-state index contributed by atoms with van der Waals surface area (Å²) in [6.45, 7) is 9.43. The van der Waals surface area contributed by atoms with Gasteiger partial charge in [-0.25, -0.2) is 9.13 Å². The van der Waals surface area contributed by atoms with E-state index < -0.39 is 97.5 Å². The lowest BCUT2D eigenvalue weighted by atomic mass is 9.99. The fourth-order valence-electron chi connectivity index (χ4n) is 10.7. The van der Waals surface area contributed by atoms with E-state index in [1.54, 1.807) is 0 Å². The number of phosphoric acid groups is 2. The van der Waals surface area contributed by atoms with Crippen LogP contribution >= 0.6 is 15.6 Å². The first-order valence-corrected chi connectivity index (χ1v) is 40.8. The van der Waals surface area contributed by atoms with Crippen LogP contribution in [0.2, 0.25) is 0 Å². The minimum absolute atomic E-state index is 0.0995. The van der Waals surface area contributed by atoms with Crippen LogP contribution in [-0.2, 0) is 65.4 Å². The van der Waals surface area contributed by atoms with Crippen molar-refractivity contribution in [1.29, 1.82) is 0 Å². The van der Waals surface area contributed by atoms with Crippen LogP contribution < -0.4 is 0 Å². The Morgan fingerprint density at radius 3 is 0.968 bits per heavy atom. The van der Waals surface area contributed by atoms with E-state index in [4.69, 9.17) is 37.0 Å². The molecule has 3 N–H and O–H groups in total. The summed E-state index contributed by atoms with van der Waals surface area (Å²) in [5.41, 5.74) is 0.